The number of carboxylic acid groups (broad SMARTS) is 1. The van der Waals surface area contributed by atoms with E-state index in [0.29, 0.717) is 18.7 Å². The van der Waals surface area contributed by atoms with E-state index in [0.717, 1.165) is 11.1 Å². The highest BCUT2D eigenvalue weighted by Gasteiger charge is 2.50. The Morgan fingerprint density at radius 1 is 1.12 bits per heavy atom. The van der Waals surface area contributed by atoms with Crippen LogP contribution in [0.4, 0.5) is 4.79 Å². The van der Waals surface area contributed by atoms with Gasteiger partial charge in [0.25, 0.3) is 0 Å². The van der Waals surface area contributed by atoms with Crippen molar-refractivity contribution in [2.24, 2.45) is 5.41 Å². The number of likely N-dealkylation sites (tertiary alicyclic amines) is 1. The van der Waals surface area contributed by atoms with Crippen molar-refractivity contribution < 1.29 is 24.2 Å². The summed E-state index contributed by atoms with van der Waals surface area (Å²) in [6.45, 7) is 4.67. The SMILES string of the molecule is C=CCC1(C(=O)O)CN(C(=O)CSCCNC(=O)OCC2c3ccccc3-c3ccccc32)C1. The number of carboxylic acids is 1. The first-order valence-electron chi connectivity index (χ1n) is 11.2. The Labute approximate surface area is 203 Å². The first-order chi connectivity index (χ1) is 16.4. The molecule has 34 heavy (non-hydrogen) atoms. The minimum Gasteiger partial charge on any atom is -0.481 e. The Hall–Kier alpha value is -3.26. The van der Waals surface area contributed by atoms with Gasteiger partial charge >= 0.3 is 12.1 Å². The number of thioether (sulfide) groups is 1. The zero-order chi connectivity index (χ0) is 24.1. The molecule has 1 aliphatic carbocycles. The van der Waals surface area contributed by atoms with E-state index < -0.39 is 17.5 Å². The molecular weight excluding hydrogens is 452 g/mol. The lowest BCUT2D eigenvalue weighted by molar-refractivity contribution is -0.164. The summed E-state index contributed by atoms with van der Waals surface area (Å²) in [5.74, 6) is -0.166. The van der Waals surface area contributed by atoms with Crippen LogP contribution in [0.1, 0.15) is 23.5 Å². The van der Waals surface area contributed by atoms with Crippen molar-refractivity contribution in [2.75, 3.05) is 37.7 Å². The van der Waals surface area contributed by atoms with Gasteiger partial charge in [0.2, 0.25) is 5.91 Å². The molecule has 178 valence electrons. The summed E-state index contributed by atoms with van der Waals surface area (Å²) in [6, 6.07) is 16.4. The third kappa shape index (κ3) is 4.82. The van der Waals surface area contributed by atoms with Crippen LogP contribution in [0, 0.1) is 5.41 Å². The van der Waals surface area contributed by atoms with E-state index in [4.69, 9.17) is 4.74 Å². The van der Waals surface area contributed by atoms with Gasteiger partial charge in [-0.2, -0.15) is 11.8 Å². The maximum atomic E-state index is 12.3. The van der Waals surface area contributed by atoms with Crippen molar-refractivity contribution in [1.82, 2.24) is 10.2 Å². The minimum absolute atomic E-state index is 0.0145. The molecule has 2 N–H and O–H groups in total. The maximum absolute atomic E-state index is 12.3. The topological polar surface area (TPSA) is 95.9 Å². The Balaban J connectivity index is 1.16. The predicted octanol–water partition coefficient (Wildman–Crippen LogP) is 3.75. The number of benzene rings is 2. The molecule has 1 aliphatic heterocycles. The number of hydrogen-bond donors (Lipinski definition) is 2. The van der Waals surface area contributed by atoms with Crippen molar-refractivity contribution in [3.05, 3.63) is 72.3 Å². The van der Waals surface area contributed by atoms with Gasteiger partial charge in [0.1, 0.15) is 12.0 Å². The second kappa shape index (κ2) is 10.3. The molecule has 0 atom stereocenters. The van der Waals surface area contributed by atoms with Gasteiger partial charge in [-0.15, -0.1) is 6.58 Å². The van der Waals surface area contributed by atoms with Crippen LogP contribution in [0.15, 0.2) is 61.2 Å². The van der Waals surface area contributed by atoms with E-state index in [-0.39, 0.29) is 37.3 Å². The van der Waals surface area contributed by atoms with Gasteiger partial charge in [-0.25, -0.2) is 4.79 Å². The smallest absolute Gasteiger partial charge is 0.407 e. The Morgan fingerprint density at radius 2 is 1.74 bits per heavy atom. The fourth-order valence-corrected chi connectivity index (χ4v) is 5.36. The zero-order valence-corrected chi connectivity index (χ0v) is 19.7. The van der Waals surface area contributed by atoms with Crippen LogP contribution in [0.3, 0.4) is 0 Å². The number of aliphatic carboxylic acids is 1. The first-order valence-corrected chi connectivity index (χ1v) is 12.4. The fraction of sp³-hybridized carbons (Fsp3) is 0.346. The van der Waals surface area contributed by atoms with Crippen LogP contribution >= 0.6 is 11.8 Å². The van der Waals surface area contributed by atoms with E-state index in [2.05, 4.69) is 36.2 Å². The van der Waals surface area contributed by atoms with Gasteiger partial charge in [-0.1, -0.05) is 54.6 Å². The van der Waals surface area contributed by atoms with Crippen LogP contribution in [-0.2, 0) is 14.3 Å². The highest BCUT2D eigenvalue weighted by Crippen LogP contribution is 2.44. The summed E-state index contributed by atoms with van der Waals surface area (Å²) in [7, 11) is 0. The standard InChI is InChI=1S/C26H28N2O5S/c1-2-11-26(24(30)31)16-28(17-26)23(29)15-34-13-12-27-25(32)33-14-22-20-9-5-3-7-18(20)19-8-4-6-10-21(19)22/h2-10,22H,1,11-17H2,(H,27,32)(H,30,31). The summed E-state index contributed by atoms with van der Waals surface area (Å²) in [5, 5.41) is 12.1. The van der Waals surface area contributed by atoms with Crippen molar-refractivity contribution in [3.63, 3.8) is 0 Å². The lowest BCUT2D eigenvalue weighted by Crippen LogP contribution is -2.62. The fourth-order valence-electron chi connectivity index (χ4n) is 4.61. The molecule has 2 aliphatic rings. The molecule has 0 radical (unpaired) electrons. The molecule has 0 aromatic heterocycles. The molecule has 8 heteroatoms. The summed E-state index contributed by atoms with van der Waals surface area (Å²) >= 11 is 1.40. The van der Waals surface area contributed by atoms with Crippen LogP contribution in [0.2, 0.25) is 0 Å². The van der Waals surface area contributed by atoms with E-state index in [1.54, 1.807) is 11.0 Å². The summed E-state index contributed by atoms with van der Waals surface area (Å²) in [4.78, 5) is 37.5. The number of allylic oxidation sites excluding steroid dienone is 1. The van der Waals surface area contributed by atoms with E-state index in [1.165, 1.54) is 22.9 Å². The number of nitrogens with one attached hydrogen (secondary N) is 1. The second-order valence-electron chi connectivity index (χ2n) is 8.63. The van der Waals surface area contributed by atoms with Gasteiger partial charge in [0.05, 0.1) is 5.75 Å². The maximum Gasteiger partial charge on any atom is 0.407 e. The summed E-state index contributed by atoms with van der Waals surface area (Å²) in [5.41, 5.74) is 3.79. The molecule has 4 rings (SSSR count). The van der Waals surface area contributed by atoms with Crippen LogP contribution < -0.4 is 5.32 Å². The Morgan fingerprint density at radius 3 is 2.32 bits per heavy atom. The van der Waals surface area contributed by atoms with Crippen LogP contribution in [0.5, 0.6) is 0 Å². The average Bonchev–Trinajstić information content (AvgIpc) is 3.13. The predicted molar refractivity (Wildman–Crippen MR) is 132 cm³/mol. The number of amides is 2. The number of nitrogens with zero attached hydrogens (tertiary/aromatic N) is 1. The minimum atomic E-state index is -0.895. The first kappa shape index (κ1) is 23.9. The monoisotopic (exact) mass is 480 g/mol. The Bertz CT molecular complexity index is 1050. The molecular formula is C26H28N2O5S. The number of fused-ring (bicyclic) bond motifs is 3. The third-order valence-electron chi connectivity index (χ3n) is 6.41. The second-order valence-corrected chi connectivity index (χ2v) is 9.74. The van der Waals surface area contributed by atoms with Crippen LogP contribution in [-0.4, -0.2) is 65.7 Å². The zero-order valence-electron chi connectivity index (χ0n) is 18.9. The third-order valence-corrected chi connectivity index (χ3v) is 7.36. The number of alkyl carbamates (subject to hydrolysis) is 1. The molecule has 1 heterocycles. The highest BCUT2D eigenvalue weighted by molar-refractivity contribution is 7.99. The van der Waals surface area contributed by atoms with Gasteiger partial charge in [-0.3, -0.25) is 9.59 Å². The molecule has 2 aromatic carbocycles. The summed E-state index contributed by atoms with van der Waals surface area (Å²) < 4.78 is 5.50. The van der Waals surface area contributed by atoms with Gasteiger partial charge in [-0.05, 0) is 28.7 Å². The lowest BCUT2D eigenvalue weighted by atomic mass is 9.77. The lowest BCUT2D eigenvalue weighted by Gasteiger charge is -2.46. The number of carbonyl (C=O) groups excluding carboxylic acids is 2. The summed E-state index contributed by atoms with van der Waals surface area (Å²) in [6.07, 6.45) is 1.45. The average molecular weight is 481 g/mol. The van der Waals surface area contributed by atoms with Crippen molar-refractivity contribution in [1.29, 1.82) is 0 Å². The number of hydrogen-bond acceptors (Lipinski definition) is 5. The molecule has 1 saturated heterocycles. The highest BCUT2D eigenvalue weighted by atomic mass is 32.2. The van der Waals surface area contributed by atoms with Crippen molar-refractivity contribution in [3.8, 4) is 11.1 Å². The van der Waals surface area contributed by atoms with Crippen LogP contribution in [0.25, 0.3) is 11.1 Å². The molecule has 7 nitrogen and oxygen atoms in total. The molecule has 0 unspecified atom stereocenters. The molecule has 2 amide bonds. The van der Waals surface area contributed by atoms with Gasteiger partial charge in [0.15, 0.2) is 0 Å². The normalized spacial score (nSPS) is 15.6. The number of rotatable bonds is 10. The van der Waals surface area contributed by atoms with E-state index in [9.17, 15) is 19.5 Å². The van der Waals surface area contributed by atoms with Crippen molar-refractivity contribution in [2.45, 2.75) is 12.3 Å². The number of carbonyl (C=O) groups is 3. The van der Waals surface area contributed by atoms with E-state index in [1.807, 2.05) is 24.3 Å². The molecule has 0 spiro atoms. The van der Waals surface area contributed by atoms with Gasteiger partial charge < -0.3 is 20.1 Å². The van der Waals surface area contributed by atoms with Gasteiger partial charge in [0, 0.05) is 31.3 Å². The number of ether oxygens (including phenoxy) is 1. The molecule has 1 fully saturated rings. The van der Waals surface area contributed by atoms with Crippen molar-refractivity contribution >= 4 is 29.7 Å². The Kier molecular flexibility index (Phi) is 7.26. The molecule has 2 aromatic rings. The quantitative estimate of drug-likeness (QED) is 0.397. The molecule has 0 saturated carbocycles. The van der Waals surface area contributed by atoms with E-state index >= 15 is 0 Å². The molecule has 0 bridgehead atoms. The largest absolute Gasteiger partial charge is 0.481 e.